The summed E-state index contributed by atoms with van der Waals surface area (Å²) < 4.78 is 0. The molecule has 0 aliphatic heterocycles. The molecule has 2 amide bonds. The molecule has 0 unspecified atom stereocenters. The van der Waals surface area contributed by atoms with Gasteiger partial charge in [0.05, 0.1) is 5.56 Å². The van der Waals surface area contributed by atoms with E-state index in [9.17, 15) is 14.4 Å². The number of carbonyl (C=O) groups is 3. The fourth-order valence-electron chi connectivity index (χ4n) is 3.22. The molecule has 7 heteroatoms. The van der Waals surface area contributed by atoms with Gasteiger partial charge in [-0.2, -0.15) is 0 Å². The molecule has 1 aromatic heterocycles. The van der Waals surface area contributed by atoms with Crippen molar-refractivity contribution in [1.82, 2.24) is 0 Å². The first-order valence-electron chi connectivity index (χ1n) is 8.27. The molecule has 0 saturated heterocycles. The maximum atomic E-state index is 12.2. The number of nitrogens with two attached hydrogens (primary N) is 1. The number of rotatable bonds is 7. The highest BCUT2D eigenvalue weighted by Gasteiger charge is 2.28. The molecule has 0 fully saturated rings. The number of nitrogens with one attached hydrogen (secondary N) is 1. The topological polar surface area (TPSA) is 109 Å². The summed E-state index contributed by atoms with van der Waals surface area (Å²) in [7, 11) is 0. The van der Waals surface area contributed by atoms with Crippen LogP contribution in [0.2, 0.25) is 0 Å². The molecule has 1 aliphatic carbocycles. The molecule has 0 bridgehead atoms. The van der Waals surface area contributed by atoms with Crippen molar-refractivity contribution in [1.29, 1.82) is 0 Å². The largest absolute Gasteiger partial charge is 0.481 e. The highest BCUT2D eigenvalue weighted by molar-refractivity contribution is 7.17. The predicted molar refractivity (Wildman–Crippen MR) is 93.3 cm³/mol. The van der Waals surface area contributed by atoms with Crippen molar-refractivity contribution < 1.29 is 19.5 Å². The average Bonchev–Trinajstić information content (AvgIpc) is 2.82. The molecule has 4 N–H and O–H groups in total. The lowest BCUT2D eigenvalue weighted by Gasteiger charge is -2.20. The first-order valence-corrected chi connectivity index (χ1v) is 9.09. The number of hydrogen-bond donors (Lipinski definition) is 3. The summed E-state index contributed by atoms with van der Waals surface area (Å²) in [6.45, 7) is 3.87. The predicted octanol–water partition coefficient (Wildman–Crippen LogP) is 2.80. The average molecular weight is 352 g/mol. The summed E-state index contributed by atoms with van der Waals surface area (Å²) in [5.74, 6) is -1.38. The standard InChI is InChI=1S/C17H24N2O4S/c1-3-10-4-5-11-12(8-10)24-17(15(11)16(18)23)19-13(20)6-9(2)7-14(21)22/h9-10H,3-8H2,1-2H3,(H2,18,23)(H,19,20)(H,21,22)/t9-,10+/m0/s1. The van der Waals surface area contributed by atoms with Gasteiger partial charge >= 0.3 is 5.97 Å². The van der Waals surface area contributed by atoms with Gasteiger partial charge in [0.15, 0.2) is 0 Å². The lowest BCUT2D eigenvalue weighted by atomic mass is 9.85. The maximum Gasteiger partial charge on any atom is 0.303 e. The van der Waals surface area contributed by atoms with Crippen LogP contribution in [-0.4, -0.2) is 22.9 Å². The molecule has 2 rings (SSSR count). The minimum atomic E-state index is -0.926. The second-order valence-electron chi connectivity index (χ2n) is 6.54. The highest BCUT2D eigenvalue weighted by Crippen LogP contribution is 2.40. The highest BCUT2D eigenvalue weighted by atomic mass is 32.1. The van der Waals surface area contributed by atoms with Crippen LogP contribution in [0.15, 0.2) is 0 Å². The number of carboxylic acid groups (broad SMARTS) is 1. The monoisotopic (exact) mass is 352 g/mol. The fourth-order valence-corrected chi connectivity index (χ4v) is 4.60. The van der Waals surface area contributed by atoms with E-state index < -0.39 is 11.9 Å². The molecule has 1 aromatic rings. The van der Waals surface area contributed by atoms with E-state index in [-0.39, 0.29) is 24.7 Å². The third kappa shape index (κ3) is 4.35. The Morgan fingerprint density at radius 1 is 1.38 bits per heavy atom. The van der Waals surface area contributed by atoms with Crippen LogP contribution >= 0.6 is 11.3 Å². The van der Waals surface area contributed by atoms with E-state index in [1.54, 1.807) is 6.92 Å². The third-order valence-electron chi connectivity index (χ3n) is 4.50. The van der Waals surface area contributed by atoms with Gasteiger partial charge in [-0.25, -0.2) is 0 Å². The second kappa shape index (κ2) is 7.79. The summed E-state index contributed by atoms with van der Waals surface area (Å²) >= 11 is 1.43. The number of carboxylic acids is 1. The molecule has 24 heavy (non-hydrogen) atoms. The first-order chi connectivity index (χ1) is 11.3. The van der Waals surface area contributed by atoms with Crippen molar-refractivity contribution in [3.8, 4) is 0 Å². The zero-order valence-electron chi connectivity index (χ0n) is 14.1. The van der Waals surface area contributed by atoms with Crippen molar-refractivity contribution in [3.63, 3.8) is 0 Å². The zero-order chi connectivity index (χ0) is 17.9. The van der Waals surface area contributed by atoms with E-state index in [1.165, 1.54) is 11.3 Å². The summed E-state index contributed by atoms with van der Waals surface area (Å²) in [4.78, 5) is 35.8. The Bertz CT molecular complexity index is 653. The molecule has 1 heterocycles. The molecular weight excluding hydrogens is 328 g/mol. The normalized spacial score (nSPS) is 17.8. The minimum Gasteiger partial charge on any atom is -0.481 e. The molecule has 0 radical (unpaired) electrons. The van der Waals surface area contributed by atoms with Gasteiger partial charge in [0, 0.05) is 17.7 Å². The third-order valence-corrected chi connectivity index (χ3v) is 5.67. The molecular formula is C17H24N2O4S. The van der Waals surface area contributed by atoms with Crippen LogP contribution < -0.4 is 11.1 Å². The number of fused-ring (bicyclic) bond motifs is 1. The Balaban J connectivity index is 2.15. The smallest absolute Gasteiger partial charge is 0.303 e. The van der Waals surface area contributed by atoms with Crippen molar-refractivity contribution in [2.75, 3.05) is 5.32 Å². The molecule has 0 aromatic carbocycles. The van der Waals surface area contributed by atoms with Crippen LogP contribution in [0.25, 0.3) is 0 Å². The summed E-state index contributed by atoms with van der Waals surface area (Å²) in [6, 6.07) is 0. The van der Waals surface area contributed by atoms with Gasteiger partial charge in [0.2, 0.25) is 5.91 Å². The van der Waals surface area contributed by atoms with Gasteiger partial charge in [0.1, 0.15) is 5.00 Å². The maximum absolute atomic E-state index is 12.2. The molecule has 0 saturated carbocycles. The van der Waals surface area contributed by atoms with Gasteiger partial charge < -0.3 is 16.2 Å². The van der Waals surface area contributed by atoms with Gasteiger partial charge in [-0.05, 0) is 36.7 Å². The number of hydrogen-bond acceptors (Lipinski definition) is 4. The Hall–Kier alpha value is -1.89. The number of thiophene rings is 1. The Morgan fingerprint density at radius 2 is 2.08 bits per heavy atom. The number of anilines is 1. The number of carbonyl (C=O) groups excluding carboxylic acids is 2. The van der Waals surface area contributed by atoms with Gasteiger partial charge in [-0.15, -0.1) is 11.3 Å². The number of primary amides is 1. The molecule has 2 atom stereocenters. The second-order valence-corrected chi connectivity index (χ2v) is 7.65. The summed E-state index contributed by atoms with van der Waals surface area (Å²) in [6.07, 6.45) is 3.90. The minimum absolute atomic E-state index is 0.0603. The summed E-state index contributed by atoms with van der Waals surface area (Å²) in [5.41, 5.74) is 6.94. The van der Waals surface area contributed by atoms with Crippen LogP contribution in [-0.2, 0) is 22.4 Å². The van der Waals surface area contributed by atoms with Gasteiger partial charge in [-0.3, -0.25) is 14.4 Å². The fraction of sp³-hybridized carbons (Fsp3) is 0.588. The van der Waals surface area contributed by atoms with E-state index in [2.05, 4.69) is 12.2 Å². The Morgan fingerprint density at radius 3 is 2.67 bits per heavy atom. The van der Waals surface area contributed by atoms with E-state index in [0.29, 0.717) is 16.5 Å². The van der Waals surface area contributed by atoms with Gasteiger partial charge in [-0.1, -0.05) is 20.3 Å². The molecule has 0 spiro atoms. The van der Waals surface area contributed by atoms with Crippen LogP contribution in [0.1, 0.15) is 60.3 Å². The van der Waals surface area contributed by atoms with Crippen molar-refractivity contribution in [3.05, 3.63) is 16.0 Å². The Labute approximate surface area is 145 Å². The van der Waals surface area contributed by atoms with Crippen LogP contribution in [0.4, 0.5) is 5.00 Å². The van der Waals surface area contributed by atoms with Crippen LogP contribution in [0.3, 0.4) is 0 Å². The number of aliphatic carboxylic acids is 1. The van der Waals surface area contributed by atoms with E-state index in [4.69, 9.17) is 10.8 Å². The van der Waals surface area contributed by atoms with Crippen LogP contribution in [0, 0.1) is 11.8 Å². The lowest BCUT2D eigenvalue weighted by Crippen LogP contribution is -2.21. The number of amides is 2. The molecule has 132 valence electrons. The lowest BCUT2D eigenvalue weighted by molar-refractivity contribution is -0.138. The van der Waals surface area contributed by atoms with E-state index >= 15 is 0 Å². The van der Waals surface area contributed by atoms with E-state index in [0.717, 1.165) is 36.1 Å². The van der Waals surface area contributed by atoms with Gasteiger partial charge in [0.25, 0.3) is 5.91 Å². The zero-order valence-corrected chi connectivity index (χ0v) is 14.9. The summed E-state index contributed by atoms with van der Waals surface area (Å²) in [5, 5.41) is 12.1. The van der Waals surface area contributed by atoms with Crippen LogP contribution in [0.5, 0.6) is 0 Å². The Kier molecular flexibility index (Phi) is 5.99. The molecule has 6 nitrogen and oxygen atoms in total. The molecule has 1 aliphatic rings. The van der Waals surface area contributed by atoms with Crippen molar-refractivity contribution in [2.24, 2.45) is 17.6 Å². The van der Waals surface area contributed by atoms with Crippen molar-refractivity contribution in [2.45, 2.75) is 52.4 Å². The quantitative estimate of drug-likeness (QED) is 0.701. The van der Waals surface area contributed by atoms with Crippen molar-refractivity contribution >= 4 is 34.1 Å². The van der Waals surface area contributed by atoms with E-state index in [1.807, 2.05) is 0 Å². The first kappa shape index (κ1) is 18.4. The SMILES string of the molecule is CC[C@@H]1CCc2c(sc(NC(=O)C[C@H](C)CC(=O)O)c2C(N)=O)C1.